The summed E-state index contributed by atoms with van der Waals surface area (Å²) in [7, 11) is 1.48. The van der Waals surface area contributed by atoms with Gasteiger partial charge in [0.25, 0.3) is 0 Å². The molecule has 0 aromatic carbocycles. The molecule has 0 saturated carbocycles. The number of methoxy groups -OCH3 is 1. The molecular formula is C16H30N2O2. The lowest BCUT2D eigenvalue weighted by molar-refractivity contribution is -0.141. The second-order valence-corrected chi connectivity index (χ2v) is 6.28. The summed E-state index contributed by atoms with van der Waals surface area (Å²) < 4.78 is 4.73. The Balaban J connectivity index is 1.69. The van der Waals surface area contributed by atoms with Gasteiger partial charge < -0.3 is 9.64 Å². The predicted molar refractivity (Wildman–Crippen MR) is 80.7 cm³/mol. The molecule has 2 aliphatic rings. The van der Waals surface area contributed by atoms with Gasteiger partial charge in [-0.25, -0.2) is 0 Å². The van der Waals surface area contributed by atoms with Crippen LogP contribution in [0.5, 0.6) is 0 Å². The van der Waals surface area contributed by atoms with Gasteiger partial charge in [-0.3, -0.25) is 9.69 Å². The van der Waals surface area contributed by atoms with E-state index < -0.39 is 0 Å². The summed E-state index contributed by atoms with van der Waals surface area (Å²) >= 11 is 0. The van der Waals surface area contributed by atoms with Gasteiger partial charge >= 0.3 is 5.97 Å². The number of likely N-dealkylation sites (tertiary alicyclic amines) is 2. The molecule has 0 N–H and O–H groups in total. The quantitative estimate of drug-likeness (QED) is 0.723. The Morgan fingerprint density at radius 2 is 1.95 bits per heavy atom. The van der Waals surface area contributed by atoms with E-state index in [0.717, 1.165) is 18.4 Å². The molecule has 1 unspecified atom stereocenters. The Morgan fingerprint density at radius 1 is 1.20 bits per heavy atom. The number of carbonyl (C=O) groups excluding carboxylic acids is 1. The van der Waals surface area contributed by atoms with Gasteiger partial charge in [-0.1, -0.05) is 6.92 Å². The summed E-state index contributed by atoms with van der Waals surface area (Å²) in [4.78, 5) is 16.5. The number of rotatable bonds is 5. The molecule has 0 aliphatic carbocycles. The van der Waals surface area contributed by atoms with Crippen LogP contribution in [-0.4, -0.2) is 61.6 Å². The summed E-state index contributed by atoms with van der Waals surface area (Å²) in [6.07, 6.45) is 6.81. The minimum Gasteiger partial charge on any atom is -0.469 e. The van der Waals surface area contributed by atoms with Crippen LogP contribution in [0.3, 0.4) is 0 Å². The summed E-state index contributed by atoms with van der Waals surface area (Å²) in [5.41, 5.74) is 0. The van der Waals surface area contributed by atoms with Crippen LogP contribution in [0.1, 0.15) is 45.4 Å². The molecule has 2 rings (SSSR count). The molecule has 2 aliphatic heterocycles. The van der Waals surface area contributed by atoms with E-state index in [0.29, 0.717) is 6.42 Å². The highest BCUT2D eigenvalue weighted by molar-refractivity contribution is 5.69. The zero-order chi connectivity index (χ0) is 14.4. The Morgan fingerprint density at radius 3 is 2.60 bits per heavy atom. The number of ether oxygens (including phenoxy) is 1. The van der Waals surface area contributed by atoms with Crippen LogP contribution in [0.4, 0.5) is 0 Å². The standard InChI is InChI=1S/C16H30N2O2/c1-3-17-10-4-5-15(13-17)18-11-8-14(9-12-18)6-7-16(19)20-2/h14-15H,3-13H2,1-2H3. The van der Waals surface area contributed by atoms with E-state index in [1.807, 2.05) is 0 Å². The lowest BCUT2D eigenvalue weighted by Gasteiger charge is -2.42. The number of hydrogen-bond donors (Lipinski definition) is 0. The topological polar surface area (TPSA) is 32.8 Å². The lowest BCUT2D eigenvalue weighted by atomic mass is 9.90. The maximum atomic E-state index is 11.2. The van der Waals surface area contributed by atoms with Gasteiger partial charge in [0.2, 0.25) is 0 Å². The predicted octanol–water partition coefficient (Wildman–Crippen LogP) is 2.14. The Hall–Kier alpha value is -0.610. The smallest absolute Gasteiger partial charge is 0.305 e. The second kappa shape index (κ2) is 7.99. The fraction of sp³-hybridized carbons (Fsp3) is 0.938. The summed E-state index contributed by atoms with van der Waals surface area (Å²) in [6, 6.07) is 0.769. The van der Waals surface area contributed by atoms with Gasteiger partial charge in [0.15, 0.2) is 0 Å². The van der Waals surface area contributed by atoms with Crippen LogP contribution in [0, 0.1) is 5.92 Å². The first kappa shape index (κ1) is 15.8. The molecule has 2 fully saturated rings. The first-order chi connectivity index (χ1) is 9.72. The van der Waals surface area contributed by atoms with Crippen LogP contribution in [0.2, 0.25) is 0 Å². The third-order valence-electron chi connectivity index (χ3n) is 5.08. The van der Waals surface area contributed by atoms with E-state index >= 15 is 0 Å². The number of nitrogens with zero attached hydrogens (tertiary/aromatic N) is 2. The van der Waals surface area contributed by atoms with E-state index in [2.05, 4.69) is 16.7 Å². The normalized spacial score (nSPS) is 26.6. The third kappa shape index (κ3) is 4.45. The largest absolute Gasteiger partial charge is 0.469 e. The van der Waals surface area contributed by atoms with Crippen molar-refractivity contribution in [1.82, 2.24) is 9.80 Å². The van der Waals surface area contributed by atoms with Crippen molar-refractivity contribution in [3.8, 4) is 0 Å². The molecule has 2 heterocycles. The highest BCUT2D eigenvalue weighted by Crippen LogP contribution is 2.26. The highest BCUT2D eigenvalue weighted by Gasteiger charge is 2.28. The van der Waals surface area contributed by atoms with Crippen molar-refractivity contribution < 1.29 is 9.53 Å². The van der Waals surface area contributed by atoms with E-state index in [4.69, 9.17) is 4.74 Å². The fourth-order valence-corrected chi connectivity index (χ4v) is 3.65. The molecule has 0 aromatic rings. The van der Waals surface area contributed by atoms with Crippen molar-refractivity contribution in [3.05, 3.63) is 0 Å². The van der Waals surface area contributed by atoms with Gasteiger partial charge in [-0.05, 0) is 64.2 Å². The molecule has 2 saturated heterocycles. The molecule has 116 valence electrons. The molecule has 20 heavy (non-hydrogen) atoms. The zero-order valence-electron chi connectivity index (χ0n) is 13.1. The Kier molecular flexibility index (Phi) is 6.30. The van der Waals surface area contributed by atoms with Crippen molar-refractivity contribution in [2.75, 3.05) is 39.8 Å². The van der Waals surface area contributed by atoms with Gasteiger partial charge in [0.1, 0.15) is 0 Å². The lowest BCUT2D eigenvalue weighted by Crippen LogP contribution is -2.50. The van der Waals surface area contributed by atoms with Crippen LogP contribution >= 0.6 is 0 Å². The third-order valence-corrected chi connectivity index (χ3v) is 5.08. The number of piperidine rings is 2. The molecule has 0 radical (unpaired) electrons. The van der Waals surface area contributed by atoms with Gasteiger partial charge in [-0.2, -0.15) is 0 Å². The van der Waals surface area contributed by atoms with Crippen LogP contribution in [-0.2, 0) is 9.53 Å². The Labute approximate surface area is 123 Å². The molecule has 0 amide bonds. The summed E-state index contributed by atoms with van der Waals surface area (Å²) in [5.74, 6) is 0.662. The van der Waals surface area contributed by atoms with Crippen molar-refractivity contribution in [3.63, 3.8) is 0 Å². The highest BCUT2D eigenvalue weighted by atomic mass is 16.5. The van der Waals surface area contributed by atoms with Gasteiger partial charge in [0, 0.05) is 19.0 Å². The summed E-state index contributed by atoms with van der Waals surface area (Å²) in [5, 5.41) is 0. The summed E-state index contributed by atoms with van der Waals surface area (Å²) in [6.45, 7) is 8.42. The molecule has 0 bridgehead atoms. The second-order valence-electron chi connectivity index (χ2n) is 6.28. The maximum absolute atomic E-state index is 11.2. The minimum absolute atomic E-state index is 0.0571. The first-order valence-electron chi connectivity index (χ1n) is 8.26. The molecule has 4 heteroatoms. The van der Waals surface area contributed by atoms with E-state index in [-0.39, 0.29) is 5.97 Å². The number of likely N-dealkylation sites (N-methyl/N-ethyl adjacent to an activating group) is 1. The van der Waals surface area contributed by atoms with Crippen LogP contribution in [0.15, 0.2) is 0 Å². The molecule has 1 atom stereocenters. The molecular weight excluding hydrogens is 252 g/mol. The van der Waals surface area contributed by atoms with Crippen molar-refractivity contribution >= 4 is 5.97 Å². The molecule has 4 nitrogen and oxygen atoms in total. The maximum Gasteiger partial charge on any atom is 0.305 e. The first-order valence-corrected chi connectivity index (χ1v) is 8.26. The zero-order valence-corrected chi connectivity index (χ0v) is 13.1. The number of esters is 1. The molecule has 0 spiro atoms. The van der Waals surface area contributed by atoms with Gasteiger partial charge in [0.05, 0.1) is 7.11 Å². The number of hydrogen-bond acceptors (Lipinski definition) is 4. The fourth-order valence-electron chi connectivity index (χ4n) is 3.65. The minimum atomic E-state index is -0.0571. The average Bonchev–Trinajstić information content (AvgIpc) is 2.53. The SMILES string of the molecule is CCN1CCCC(N2CCC(CCC(=O)OC)CC2)C1. The van der Waals surface area contributed by atoms with Crippen molar-refractivity contribution in [2.45, 2.75) is 51.5 Å². The monoisotopic (exact) mass is 282 g/mol. The van der Waals surface area contributed by atoms with Crippen molar-refractivity contribution in [2.24, 2.45) is 5.92 Å². The van der Waals surface area contributed by atoms with Crippen LogP contribution < -0.4 is 0 Å². The number of carbonyl (C=O) groups is 1. The van der Waals surface area contributed by atoms with E-state index in [1.165, 1.54) is 65.5 Å². The van der Waals surface area contributed by atoms with E-state index in [1.54, 1.807) is 0 Å². The average molecular weight is 282 g/mol. The van der Waals surface area contributed by atoms with Gasteiger partial charge in [-0.15, -0.1) is 0 Å². The molecule has 0 aromatic heterocycles. The van der Waals surface area contributed by atoms with E-state index in [9.17, 15) is 4.79 Å². The Bertz CT molecular complexity index is 301. The van der Waals surface area contributed by atoms with Crippen LogP contribution in [0.25, 0.3) is 0 Å². The van der Waals surface area contributed by atoms with Crippen molar-refractivity contribution in [1.29, 1.82) is 0 Å².